The molecule has 0 aliphatic heterocycles. The van der Waals surface area contributed by atoms with Crippen molar-refractivity contribution in [2.45, 2.75) is 78.0 Å². The van der Waals surface area contributed by atoms with E-state index in [9.17, 15) is 20.2 Å². The van der Waals surface area contributed by atoms with E-state index in [1.807, 2.05) is 38.6 Å². The topological polar surface area (TPSA) is 138 Å². The average molecular weight is 449 g/mol. The van der Waals surface area contributed by atoms with Gasteiger partial charge in [-0.05, 0) is 46.6 Å². The van der Waals surface area contributed by atoms with Gasteiger partial charge in [0.15, 0.2) is 0 Å². The Morgan fingerprint density at radius 2 is 1.88 bits per heavy atom. The first kappa shape index (κ1) is 25.2. The Bertz CT molecular complexity index is 941. The summed E-state index contributed by atoms with van der Waals surface area (Å²) in [5, 5.41) is 33.8. The smallest absolute Gasteiger partial charge is 0.299 e. The van der Waals surface area contributed by atoms with E-state index < -0.39 is 21.0 Å². The SMILES string of the molecule is CCCCn1cc(CC(C)(C)OCCC(C)(C)Nc2ccc([N+](=O)[O-])cc2[N+](=O)[O-])nn1. The Kier molecular flexibility index (Phi) is 8.25. The third-order valence-electron chi connectivity index (χ3n) is 5.02. The maximum atomic E-state index is 11.4. The van der Waals surface area contributed by atoms with Gasteiger partial charge in [-0.3, -0.25) is 24.9 Å². The maximum absolute atomic E-state index is 11.4. The number of rotatable bonds is 13. The van der Waals surface area contributed by atoms with Crippen LogP contribution in [-0.2, 0) is 17.7 Å². The summed E-state index contributed by atoms with van der Waals surface area (Å²) in [6, 6.07) is 3.58. The number of nitrogens with zero attached hydrogens (tertiary/aromatic N) is 5. The summed E-state index contributed by atoms with van der Waals surface area (Å²) in [6.45, 7) is 11.2. The van der Waals surface area contributed by atoms with Crippen LogP contribution < -0.4 is 5.32 Å². The molecule has 1 heterocycles. The first-order valence-corrected chi connectivity index (χ1v) is 10.7. The van der Waals surface area contributed by atoms with Gasteiger partial charge >= 0.3 is 0 Å². The van der Waals surface area contributed by atoms with E-state index >= 15 is 0 Å². The first-order valence-electron chi connectivity index (χ1n) is 10.7. The fourth-order valence-electron chi connectivity index (χ4n) is 3.24. The highest BCUT2D eigenvalue weighted by Crippen LogP contribution is 2.32. The molecule has 0 atom stereocenters. The normalized spacial score (nSPS) is 12.0. The standard InChI is InChI=1S/C21H32N6O5/c1-6-7-11-25-15-16(23-24-25)14-21(4,5)32-12-10-20(2,3)22-18-9-8-17(26(28)29)13-19(18)27(30)31/h8-9,13,15,22H,6-7,10-12,14H2,1-5H3. The van der Waals surface area contributed by atoms with Crippen LogP contribution in [0.1, 0.15) is 59.6 Å². The fourth-order valence-corrected chi connectivity index (χ4v) is 3.24. The van der Waals surface area contributed by atoms with Crippen molar-refractivity contribution in [3.63, 3.8) is 0 Å². The summed E-state index contributed by atoms with van der Waals surface area (Å²) in [7, 11) is 0. The van der Waals surface area contributed by atoms with Gasteiger partial charge < -0.3 is 10.1 Å². The number of hydrogen-bond donors (Lipinski definition) is 1. The number of aromatic nitrogens is 3. The number of nitrogens with one attached hydrogen (secondary N) is 1. The van der Waals surface area contributed by atoms with E-state index in [1.165, 1.54) is 12.1 Å². The highest BCUT2D eigenvalue weighted by atomic mass is 16.6. The summed E-state index contributed by atoms with van der Waals surface area (Å²) < 4.78 is 7.93. The summed E-state index contributed by atoms with van der Waals surface area (Å²) >= 11 is 0. The predicted octanol–water partition coefficient (Wildman–Crippen LogP) is 4.51. The van der Waals surface area contributed by atoms with Crippen LogP contribution in [-0.4, -0.2) is 42.6 Å². The van der Waals surface area contributed by atoms with Crippen LogP contribution in [0.3, 0.4) is 0 Å². The zero-order chi connectivity index (χ0) is 23.9. The Labute approximate surface area is 187 Å². The van der Waals surface area contributed by atoms with Gasteiger partial charge in [-0.2, -0.15) is 0 Å². The molecule has 1 aromatic heterocycles. The second-order valence-electron chi connectivity index (χ2n) is 9.09. The number of nitro groups is 2. The molecule has 0 aliphatic carbocycles. The lowest BCUT2D eigenvalue weighted by Gasteiger charge is -2.30. The molecule has 0 unspecified atom stereocenters. The van der Waals surface area contributed by atoms with Crippen LogP contribution in [0, 0.1) is 20.2 Å². The molecule has 2 rings (SSSR count). The van der Waals surface area contributed by atoms with Crippen molar-refractivity contribution in [2.24, 2.45) is 0 Å². The number of non-ortho nitro benzene ring substituents is 1. The highest BCUT2D eigenvalue weighted by Gasteiger charge is 2.27. The Morgan fingerprint density at radius 1 is 1.16 bits per heavy atom. The van der Waals surface area contributed by atoms with E-state index in [4.69, 9.17) is 4.74 Å². The van der Waals surface area contributed by atoms with Crippen molar-refractivity contribution in [1.29, 1.82) is 0 Å². The molecule has 11 heteroatoms. The van der Waals surface area contributed by atoms with Crippen molar-refractivity contribution in [3.8, 4) is 0 Å². The molecular weight excluding hydrogens is 416 g/mol. The Balaban J connectivity index is 1.94. The van der Waals surface area contributed by atoms with E-state index in [-0.39, 0.29) is 17.1 Å². The second kappa shape index (κ2) is 10.5. The van der Waals surface area contributed by atoms with Gasteiger partial charge in [0.05, 0.1) is 27.2 Å². The fraction of sp³-hybridized carbons (Fsp3) is 0.619. The maximum Gasteiger partial charge on any atom is 0.299 e. The van der Waals surface area contributed by atoms with Crippen molar-refractivity contribution >= 4 is 17.1 Å². The second-order valence-corrected chi connectivity index (χ2v) is 9.09. The van der Waals surface area contributed by atoms with Crippen molar-refractivity contribution in [1.82, 2.24) is 15.0 Å². The van der Waals surface area contributed by atoms with E-state index in [2.05, 4.69) is 22.6 Å². The molecule has 1 aromatic carbocycles. The number of aryl methyl sites for hydroxylation is 1. The minimum absolute atomic E-state index is 0.230. The summed E-state index contributed by atoms with van der Waals surface area (Å²) in [4.78, 5) is 21.0. The van der Waals surface area contributed by atoms with Crippen LogP contribution in [0.5, 0.6) is 0 Å². The van der Waals surface area contributed by atoms with Gasteiger partial charge in [0.2, 0.25) is 0 Å². The minimum Gasteiger partial charge on any atom is -0.375 e. The summed E-state index contributed by atoms with van der Waals surface area (Å²) in [6.07, 6.45) is 5.27. The lowest BCUT2D eigenvalue weighted by Crippen LogP contribution is -2.35. The largest absolute Gasteiger partial charge is 0.375 e. The number of unbranched alkanes of at least 4 members (excludes halogenated alkanes) is 1. The molecular formula is C21H32N6O5. The van der Waals surface area contributed by atoms with E-state index in [0.717, 1.165) is 31.1 Å². The molecule has 0 saturated carbocycles. The molecule has 0 radical (unpaired) electrons. The van der Waals surface area contributed by atoms with E-state index in [1.54, 1.807) is 0 Å². The number of anilines is 1. The first-order chi connectivity index (χ1) is 14.9. The quantitative estimate of drug-likeness (QED) is 0.349. The van der Waals surface area contributed by atoms with Crippen LogP contribution >= 0.6 is 0 Å². The van der Waals surface area contributed by atoms with Crippen molar-refractivity contribution in [3.05, 3.63) is 50.3 Å². The molecule has 1 N–H and O–H groups in total. The van der Waals surface area contributed by atoms with Crippen LogP contribution in [0.15, 0.2) is 24.4 Å². The number of hydrogen-bond acceptors (Lipinski definition) is 8. The van der Waals surface area contributed by atoms with Gasteiger partial charge in [-0.25, -0.2) is 0 Å². The number of benzene rings is 1. The van der Waals surface area contributed by atoms with E-state index in [0.29, 0.717) is 19.4 Å². The van der Waals surface area contributed by atoms with Gasteiger partial charge in [-0.1, -0.05) is 18.6 Å². The van der Waals surface area contributed by atoms with Crippen LogP contribution in [0.4, 0.5) is 17.1 Å². The predicted molar refractivity (Wildman–Crippen MR) is 121 cm³/mol. The third-order valence-corrected chi connectivity index (χ3v) is 5.02. The lowest BCUT2D eigenvalue weighted by atomic mass is 9.99. The van der Waals surface area contributed by atoms with Gasteiger partial charge in [0.25, 0.3) is 11.4 Å². The molecule has 0 spiro atoms. The van der Waals surface area contributed by atoms with Crippen LogP contribution in [0.2, 0.25) is 0 Å². The third kappa shape index (κ3) is 7.56. The molecule has 32 heavy (non-hydrogen) atoms. The Hall–Kier alpha value is -3.08. The van der Waals surface area contributed by atoms with Gasteiger partial charge in [-0.15, -0.1) is 5.10 Å². The molecule has 0 fully saturated rings. The molecule has 0 bridgehead atoms. The highest BCUT2D eigenvalue weighted by molar-refractivity contribution is 5.66. The molecule has 0 saturated heterocycles. The number of ether oxygens (including phenoxy) is 1. The zero-order valence-electron chi connectivity index (χ0n) is 19.3. The van der Waals surface area contributed by atoms with Crippen LogP contribution in [0.25, 0.3) is 0 Å². The molecule has 0 aliphatic rings. The zero-order valence-corrected chi connectivity index (χ0v) is 19.3. The van der Waals surface area contributed by atoms with Crippen molar-refractivity contribution < 1.29 is 14.6 Å². The summed E-state index contributed by atoms with van der Waals surface area (Å²) in [5.41, 5.74) is -0.559. The lowest BCUT2D eigenvalue weighted by molar-refractivity contribution is -0.393. The molecule has 0 amide bonds. The monoisotopic (exact) mass is 448 g/mol. The van der Waals surface area contributed by atoms with Crippen molar-refractivity contribution in [2.75, 3.05) is 11.9 Å². The Morgan fingerprint density at radius 3 is 2.50 bits per heavy atom. The summed E-state index contributed by atoms with van der Waals surface area (Å²) in [5.74, 6) is 0. The van der Waals surface area contributed by atoms with Gasteiger partial charge in [0, 0.05) is 37.4 Å². The molecule has 2 aromatic rings. The minimum atomic E-state index is -0.653. The molecule has 176 valence electrons. The molecule has 11 nitrogen and oxygen atoms in total. The number of nitro benzene ring substituents is 2. The average Bonchev–Trinajstić information content (AvgIpc) is 3.11. The van der Waals surface area contributed by atoms with Gasteiger partial charge in [0.1, 0.15) is 5.69 Å².